The molecule has 128 valence electrons. The van der Waals surface area contributed by atoms with Crippen LogP contribution in [0, 0.1) is 0 Å². The number of nitrogens with zero attached hydrogens (tertiary/aromatic N) is 1. The molecule has 0 saturated heterocycles. The topological polar surface area (TPSA) is 51.1 Å². The zero-order chi connectivity index (χ0) is 17.4. The van der Waals surface area contributed by atoms with E-state index in [1.165, 1.54) is 0 Å². The zero-order valence-electron chi connectivity index (χ0n) is 14.5. The molecule has 1 aromatic carbocycles. The van der Waals surface area contributed by atoms with Crippen molar-refractivity contribution < 1.29 is 4.79 Å². The minimum Gasteiger partial charge on any atom is -0.348 e. The first-order valence-corrected chi connectivity index (χ1v) is 8.72. The molecule has 2 rings (SSSR count). The molecular weight excluding hydrogens is 300 g/mol. The molecule has 0 aliphatic heterocycles. The molecule has 1 amide bonds. The van der Waals surface area contributed by atoms with E-state index in [2.05, 4.69) is 19.2 Å². The van der Waals surface area contributed by atoms with Crippen molar-refractivity contribution in [3.8, 4) is 0 Å². The van der Waals surface area contributed by atoms with Crippen LogP contribution in [0.4, 0.5) is 0 Å². The van der Waals surface area contributed by atoms with Gasteiger partial charge in [-0.05, 0) is 30.5 Å². The Morgan fingerprint density at radius 1 is 1.04 bits per heavy atom. The molecule has 0 atom stereocenters. The first-order chi connectivity index (χ1) is 11.7. The Bertz CT molecular complexity index is 720. The molecule has 0 aliphatic carbocycles. The van der Waals surface area contributed by atoms with Gasteiger partial charge in [-0.3, -0.25) is 9.59 Å². The summed E-state index contributed by atoms with van der Waals surface area (Å²) in [4.78, 5) is 25.1. The fourth-order valence-electron chi connectivity index (χ4n) is 2.70. The minimum atomic E-state index is -0.308. The highest BCUT2D eigenvalue weighted by Gasteiger charge is 2.14. The van der Waals surface area contributed by atoms with Gasteiger partial charge in [0.15, 0.2) is 0 Å². The lowest BCUT2D eigenvalue weighted by atomic mass is 10.1. The lowest BCUT2D eigenvalue weighted by Crippen LogP contribution is -2.34. The Hall–Kier alpha value is -2.36. The second-order valence-electron chi connectivity index (χ2n) is 5.97. The van der Waals surface area contributed by atoms with Gasteiger partial charge in [-0.2, -0.15) is 0 Å². The fraction of sp³-hybridized carbons (Fsp3) is 0.400. The van der Waals surface area contributed by atoms with Crippen LogP contribution in [0.2, 0.25) is 0 Å². The predicted octanol–water partition coefficient (Wildman–Crippen LogP) is 3.53. The van der Waals surface area contributed by atoms with Crippen LogP contribution >= 0.6 is 0 Å². The molecular formula is C20H26N2O2. The van der Waals surface area contributed by atoms with Gasteiger partial charge >= 0.3 is 0 Å². The van der Waals surface area contributed by atoms with Crippen molar-refractivity contribution in [2.45, 2.75) is 52.6 Å². The molecule has 4 nitrogen and oxygen atoms in total. The van der Waals surface area contributed by atoms with E-state index in [4.69, 9.17) is 0 Å². The molecule has 2 aromatic rings. The second-order valence-corrected chi connectivity index (χ2v) is 5.97. The molecule has 24 heavy (non-hydrogen) atoms. The van der Waals surface area contributed by atoms with Crippen molar-refractivity contribution in [2.24, 2.45) is 0 Å². The highest BCUT2D eigenvalue weighted by molar-refractivity contribution is 5.93. The molecule has 0 bridgehead atoms. The monoisotopic (exact) mass is 326 g/mol. The summed E-state index contributed by atoms with van der Waals surface area (Å²) in [5, 5.41) is 2.84. The van der Waals surface area contributed by atoms with Crippen LogP contribution in [-0.2, 0) is 19.5 Å². The minimum absolute atomic E-state index is 0.181. The lowest BCUT2D eigenvalue weighted by Gasteiger charge is -2.14. The number of nitrogens with one attached hydrogen (secondary N) is 1. The molecule has 0 fully saturated rings. The van der Waals surface area contributed by atoms with E-state index in [1.807, 2.05) is 36.4 Å². The molecule has 0 spiro atoms. The first-order valence-electron chi connectivity index (χ1n) is 8.72. The van der Waals surface area contributed by atoms with Crippen LogP contribution in [0.5, 0.6) is 0 Å². The molecule has 1 heterocycles. The number of pyridine rings is 1. The largest absolute Gasteiger partial charge is 0.348 e. The molecule has 0 saturated carbocycles. The van der Waals surface area contributed by atoms with Crippen molar-refractivity contribution >= 4 is 5.91 Å². The van der Waals surface area contributed by atoms with E-state index in [9.17, 15) is 9.59 Å². The maximum absolute atomic E-state index is 12.7. The van der Waals surface area contributed by atoms with Crippen LogP contribution in [0.15, 0.2) is 47.3 Å². The van der Waals surface area contributed by atoms with E-state index in [0.29, 0.717) is 13.1 Å². The number of hydrogen-bond donors (Lipinski definition) is 1. The summed E-state index contributed by atoms with van der Waals surface area (Å²) in [6, 6.07) is 13.3. The number of hydrogen-bond acceptors (Lipinski definition) is 2. The molecule has 0 aliphatic rings. The molecule has 1 aromatic heterocycles. The number of unbranched alkanes of at least 4 members (excludes halogenated alkanes) is 1. The van der Waals surface area contributed by atoms with E-state index in [0.717, 1.165) is 36.9 Å². The number of amides is 1. The van der Waals surface area contributed by atoms with E-state index >= 15 is 0 Å². The van der Waals surface area contributed by atoms with Crippen LogP contribution in [0.25, 0.3) is 0 Å². The maximum atomic E-state index is 12.7. The maximum Gasteiger partial charge on any atom is 0.263 e. The number of carbonyl (C=O) groups excluding carboxylic acids is 1. The van der Waals surface area contributed by atoms with Gasteiger partial charge in [0.1, 0.15) is 5.56 Å². The standard InChI is InChI=1S/C20H26N2O2/c1-3-5-14-22-17(9-4-2)12-13-18(20(22)24)19(23)21-15-16-10-7-6-8-11-16/h6-8,10-13H,3-5,9,14-15H2,1-2H3,(H,21,23). The van der Waals surface area contributed by atoms with Gasteiger partial charge in [-0.1, -0.05) is 57.0 Å². The average molecular weight is 326 g/mol. The average Bonchev–Trinajstić information content (AvgIpc) is 2.60. The summed E-state index contributed by atoms with van der Waals surface area (Å²) in [6.07, 6.45) is 3.78. The molecule has 1 N–H and O–H groups in total. The Balaban J connectivity index is 2.19. The smallest absolute Gasteiger partial charge is 0.263 e. The number of aryl methyl sites for hydroxylation is 1. The number of rotatable bonds is 8. The van der Waals surface area contributed by atoms with Gasteiger partial charge in [-0.25, -0.2) is 0 Å². The van der Waals surface area contributed by atoms with E-state index in [-0.39, 0.29) is 17.0 Å². The lowest BCUT2D eigenvalue weighted by molar-refractivity contribution is 0.0948. The number of aromatic nitrogens is 1. The summed E-state index contributed by atoms with van der Waals surface area (Å²) >= 11 is 0. The van der Waals surface area contributed by atoms with Gasteiger partial charge < -0.3 is 9.88 Å². The summed E-state index contributed by atoms with van der Waals surface area (Å²) < 4.78 is 1.77. The van der Waals surface area contributed by atoms with Gasteiger partial charge in [0.2, 0.25) is 0 Å². The highest BCUT2D eigenvalue weighted by atomic mass is 16.2. The Morgan fingerprint density at radius 3 is 2.46 bits per heavy atom. The summed E-state index contributed by atoms with van der Waals surface area (Å²) in [5.74, 6) is -0.308. The quantitative estimate of drug-likeness (QED) is 0.807. The van der Waals surface area contributed by atoms with Crippen molar-refractivity contribution in [1.29, 1.82) is 0 Å². The third-order valence-corrected chi connectivity index (χ3v) is 4.05. The highest BCUT2D eigenvalue weighted by Crippen LogP contribution is 2.06. The summed E-state index contributed by atoms with van der Waals surface area (Å²) in [6.45, 7) is 5.28. The fourth-order valence-corrected chi connectivity index (χ4v) is 2.70. The molecule has 0 radical (unpaired) electrons. The Morgan fingerprint density at radius 2 is 1.79 bits per heavy atom. The number of carbonyl (C=O) groups is 1. The van der Waals surface area contributed by atoms with Crippen molar-refractivity contribution in [3.05, 3.63) is 69.6 Å². The summed E-state index contributed by atoms with van der Waals surface area (Å²) in [7, 11) is 0. The second kappa shape index (κ2) is 9.06. The Labute approximate surface area is 143 Å². The summed E-state index contributed by atoms with van der Waals surface area (Å²) in [5.41, 5.74) is 2.07. The van der Waals surface area contributed by atoms with E-state index < -0.39 is 0 Å². The molecule has 4 heteroatoms. The van der Waals surface area contributed by atoms with Crippen LogP contribution in [0.3, 0.4) is 0 Å². The molecule has 0 unspecified atom stereocenters. The van der Waals surface area contributed by atoms with Crippen LogP contribution < -0.4 is 10.9 Å². The zero-order valence-corrected chi connectivity index (χ0v) is 14.5. The predicted molar refractivity (Wildman–Crippen MR) is 97.2 cm³/mol. The van der Waals surface area contributed by atoms with Gasteiger partial charge in [0.25, 0.3) is 11.5 Å². The third kappa shape index (κ3) is 4.57. The van der Waals surface area contributed by atoms with Crippen molar-refractivity contribution in [1.82, 2.24) is 9.88 Å². The number of benzene rings is 1. The van der Waals surface area contributed by atoms with Crippen molar-refractivity contribution in [3.63, 3.8) is 0 Å². The Kier molecular flexibility index (Phi) is 6.79. The SMILES string of the molecule is CCCCn1c(CCC)ccc(C(=O)NCc2ccccc2)c1=O. The van der Waals surface area contributed by atoms with E-state index in [1.54, 1.807) is 10.6 Å². The van der Waals surface area contributed by atoms with Gasteiger partial charge in [-0.15, -0.1) is 0 Å². The van der Waals surface area contributed by atoms with Crippen molar-refractivity contribution in [2.75, 3.05) is 0 Å². The third-order valence-electron chi connectivity index (χ3n) is 4.05. The van der Waals surface area contributed by atoms with Crippen LogP contribution in [0.1, 0.15) is 54.7 Å². The van der Waals surface area contributed by atoms with Gasteiger partial charge in [0, 0.05) is 18.8 Å². The normalized spacial score (nSPS) is 10.6. The van der Waals surface area contributed by atoms with Crippen LogP contribution in [-0.4, -0.2) is 10.5 Å². The first kappa shape index (κ1) is 18.0. The van der Waals surface area contributed by atoms with Gasteiger partial charge in [0.05, 0.1) is 0 Å².